The Labute approximate surface area is 105 Å². The quantitative estimate of drug-likeness (QED) is 0.753. The fourth-order valence-corrected chi connectivity index (χ4v) is 1.36. The number of benzene rings is 1. The summed E-state index contributed by atoms with van der Waals surface area (Å²) in [4.78, 5) is 0. The van der Waals surface area contributed by atoms with Gasteiger partial charge in [-0.15, -0.1) is 0 Å². The molecule has 0 heterocycles. The standard InChI is InChI=1S/C12H11ClN2O2/c1-9(7-14)16-5-6-17-12-4-2-3-11(13)10(12)8-15/h2-4,9H,5-6H2,1H3. The molecule has 1 rings (SSSR count). The van der Waals surface area contributed by atoms with Crippen LogP contribution in [-0.2, 0) is 4.74 Å². The molecular formula is C12H11ClN2O2. The summed E-state index contributed by atoms with van der Waals surface area (Å²) in [6.45, 7) is 2.20. The lowest BCUT2D eigenvalue weighted by Gasteiger charge is -2.09. The molecule has 1 unspecified atom stereocenters. The summed E-state index contributed by atoms with van der Waals surface area (Å²) in [6, 6.07) is 8.92. The highest BCUT2D eigenvalue weighted by molar-refractivity contribution is 6.31. The highest BCUT2D eigenvalue weighted by atomic mass is 35.5. The molecule has 1 aromatic rings. The van der Waals surface area contributed by atoms with Crippen molar-refractivity contribution in [3.63, 3.8) is 0 Å². The van der Waals surface area contributed by atoms with Crippen LogP contribution in [0, 0.1) is 22.7 Å². The molecule has 0 amide bonds. The van der Waals surface area contributed by atoms with E-state index < -0.39 is 6.10 Å². The van der Waals surface area contributed by atoms with Crippen molar-refractivity contribution in [3.8, 4) is 17.9 Å². The van der Waals surface area contributed by atoms with Gasteiger partial charge in [0.2, 0.25) is 0 Å². The molecule has 0 aliphatic heterocycles. The molecule has 0 aliphatic carbocycles. The number of ether oxygens (including phenoxy) is 2. The third-order valence-corrected chi connectivity index (χ3v) is 2.29. The van der Waals surface area contributed by atoms with Gasteiger partial charge in [0.05, 0.1) is 17.7 Å². The monoisotopic (exact) mass is 250 g/mol. The maximum atomic E-state index is 8.89. The second-order valence-corrected chi connectivity index (χ2v) is 3.62. The molecule has 0 aliphatic rings. The summed E-state index contributed by atoms with van der Waals surface area (Å²) >= 11 is 5.84. The lowest BCUT2D eigenvalue weighted by atomic mass is 10.2. The number of nitrogens with zero attached hydrogens (tertiary/aromatic N) is 2. The van der Waals surface area contributed by atoms with Crippen molar-refractivity contribution < 1.29 is 9.47 Å². The van der Waals surface area contributed by atoms with Crippen LogP contribution in [0.4, 0.5) is 0 Å². The first-order valence-electron chi connectivity index (χ1n) is 5.01. The van der Waals surface area contributed by atoms with Crippen LogP contribution in [0.25, 0.3) is 0 Å². The van der Waals surface area contributed by atoms with Crippen LogP contribution >= 0.6 is 11.6 Å². The molecule has 0 N–H and O–H groups in total. The molecule has 0 saturated carbocycles. The Morgan fingerprint density at radius 1 is 1.35 bits per heavy atom. The van der Waals surface area contributed by atoms with Gasteiger partial charge in [0.1, 0.15) is 30.1 Å². The molecule has 5 heteroatoms. The van der Waals surface area contributed by atoms with E-state index in [0.29, 0.717) is 16.3 Å². The molecule has 88 valence electrons. The fraction of sp³-hybridized carbons (Fsp3) is 0.333. The molecule has 4 nitrogen and oxygen atoms in total. The van der Waals surface area contributed by atoms with Gasteiger partial charge in [0.15, 0.2) is 0 Å². The fourth-order valence-electron chi connectivity index (χ4n) is 1.15. The average Bonchev–Trinajstić information content (AvgIpc) is 2.34. The van der Waals surface area contributed by atoms with Crippen LogP contribution in [-0.4, -0.2) is 19.3 Å². The van der Waals surface area contributed by atoms with E-state index in [0.717, 1.165) is 0 Å². The Kier molecular flexibility index (Phi) is 5.29. The summed E-state index contributed by atoms with van der Waals surface area (Å²) < 4.78 is 10.5. The van der Waals surface area contributed by atoms with E-state index >= 15 is 0 Å². The first kappa shape index (κ1) is 13.3. The summed E-state index contributed by atoms with van der Waals surface area (Å²) in [5.41, 5.74) is 0.308. The molecule has 0 aromatic heterocycles. The zero-order valence-electron chi connectivity index (χ0n) is 9.31. The second-order valence-electron chi connectivity index (χ2n) is 3.22. The van der Waals surface area contributed by atoms with Crippen molar-refractivity contribution in [2.75, 3.05) is 13.2 Å². The zero-order chi connectivity index (χ0) is 12.7. The number of rotatable bonds is 5. The van der Waals surface area contributed by atoms with Crippen molar-refractivity contribution in [1.82, 2.24) is 0 Å². The number of halogens is 1. The SMILES string of the molecule is CC(C#N)OCCOc1cccc(Cl)c1C#N. The molecule has 0 bridgehead atoms. The Morgan fingerprint density at radius 2 is 2.12 bits per heavy atom. The van der Waals surface area contributed by atoms with Crippen molar-refractivity contribution in [2.45, 2.75) is 13.0 Å². The van der Waals surface area contributed by atoms with Crippen LogP contribution in [0.1, 0.15) is 12.5 Å². The van der Waals surface area contributed by atoms with Gasteiger partial charge in [-0.3, -0.25) is 0 Å². The number of hydrogen-bond donors (Lipinski definition) is 0. The Balaban J connectivity index is 2.51. The van der Waals surface area contributed by atoms with E-state index in [2.05, 4.69) is 0 Å². The molecule has 0 fully saturated rings. The average molecular weight is 251 g/mol. The van der Waals surface area contributed by atoms with Gasteiger partial charge in [0, 0.05) is 0 Å². The Morgan fingerprint density at radius 3 is 2.76 bits per heavy atom. The van der Waals surface area contributed by atoms with Crippen LogP contribution < -0.4 is 4.74 Å². The van der Waals surface area contributed by atoms with E-state index in [4.69, 9.17) is 31.6 Å². The highest BCUT2D eigenvalue weighted by Crippen LogP contribution is 2.25. The van der Waals surface area contributed by atoms with E-state index in [-0.39, 0.29) is 13.2 Å². The van der Waals surface area contributed by atoms with Crippen LogP contribution in [0.2, 0.25) is 5.02 Å². The van der Waals surface area contributed by atoms with Crippen molar-refractivity contribution in [1.29, 1.82) is 10.5 Å². The largest absolute Gasteiger partial charge is 0.490 e. The smallest absolute Gasteiger partial charge is 0.141 e. The van der Waals surface area contributed by atoms with Gasteiger partial charge in [-0.05, 0) is 19.1 Å². The van der Waals surface area contributed by atoms with E-state index in [1.165, 1.54) is 0 Å². The minimum absolute atomic E-state index is 0.265. The normalized spacial score (nSPS) is 11.3. The predicted octanol–water partition coefficient (Wildman–Crippen LogP) is 2.52. The topological polar surface area (TPSA) is 66.0 Å². The highest BCUT2D eigenvalue weighted by Gasteiger charge is 2.07. The molecule has 0 spiro atoms. The van der Waals surface area contributed by atoms with Gasteiger partial charge in [0.25, 0.3) is 0 Å². The van der Waals surface area contributed by atoms with Crippen LogP contribution in [0.3, 0.4) is 0 Å². The van der Waals surface area contributed by atoms with Crippen LogP contribution in [0.5, 0.6) is 5.75 Å². The van der Waals surface area contributed by atoms with Gasteiger partial charge in [-0.1, -0.05) is 17.7 Å². The molecule has 1 atom stereocenters. The third-order valence-electron chi connectivity index (χ3n) is 1.98. The van der Waals surface area contributed by atoms with E-state index in [9.17, 15) is 0 Å². The van der Waals surface area contributed by atoms with Crippen molar-refractivity contribution in [2.24, 2.45) is 0 Å². The van der Waals surface area contributed by atoms with Gasteiger partial charge < -0.3 is 9.47 Å². The zero-order valence-corrected chi connectivity index (χ0v) is 10.1. The third kappa shape index (κ3) is 3.96. The van der Waals surface area contributed by atoms with Crippen molar-refractivity contribution in [3.05, 3.63) is 28.8 Å². The van der Waals surface area contributed by atoms with E-state index in [1.54, 1.807) is 25.1 Å². The molecule has 0 saturated heterocycles. The Bertz CT molecular complexity index is 463. The summed E-state index contributed by atoms with van der Waals surface area (Å²) in [5, 5.41) is 17.7. The summed E-state index contributed by atoms with van der Waals surface area (Å²) in [5.74, 6) is 0.424. The maximum Gasteiger partial charge on any atom is 0.141 e. The molecular weight excluding hydrogens is 240 g/mol. The minimum Gasteiger partial charge on any atom is -0.490 e. The molecule has 0 radical (unpaired) electrons. The van der Waals surface area contributed by atoms with Crippen molar-refractivity contribution >= 4 is 11.6 Å². The molecule has 1 aromatic carbocycles. The lowest BCUT2D eigenvalue weighted by molar-refractivity contribution is 0.0743. The first-order valence-corrected chi connectivity index (χ1v) is 5.39. The summed E-state index contributed by atoms with van der Waals surface area (Å²) in [6.07, 6.45) is -0.464. The predicted molar refractivity (Wildman–Crippen MR) is 62.7 cm³/mol. The van der Waals surface area contributed by atoms with Crippen LogP contribution in [0.15, 0.2) is 18.2 Å². The first-order chi connectivity index (χ1) is 8.19. The Hall–Kier alpha value is -1.75. The number of nitriles is 2. The van der Waals surface area contributed by atoms with Gasteiger partial charge >= 0.3 is 0 Å². The maximum absolute atomic E-state index is 8.89. The lowest BCUT2D eigenvalue weighted by Crippen LogP contribution is -2.12. The van der Waals surface area contributed by atoms with E-state index in [1.807, 2.05) is 12.1 Å². The number of hydrogen-bond acceptors (Lipinski definition) is 4. The van der Waals surface area contributed by atoms with Gasteiger partial charge in [-0.2, -0.15) is 10.5 Å². The second kappa shape index (κ2) is 6.75. The minimum atomic E-state index is -0.464. The summed E-state index contributed by atoms with van der Waals surface area (Å²) in [7, 11) is 0. The molecule has 17 heavy (non-hydrogen) atoms. The van der Waals surface area contributed by atoms with Gasteiger partial charge in [-0.25, -0.2) is 0 Å².